The van der Waals surface area contributed by atoms with Gasteiger partial charge in [-0.25, -0.2) is 9.97 Å². The molecule has 2 heterocycles. The van der Waals surface area contributed by atoms with Gasteiger partial charge in [-0.1, -0.05) is 19.3 Å². The highest BCUT2D eigenvalue weighted by atomic mass is 15.2. The molecule has 1 aliphatic heterocycles. The van der Waals surface area contributed by atoms with Crippen molar-refractivity contribution in [2.45, 2.75) is 57.7 Å². The highest BCUT2D eigenvalue weighted by molar-refractivity contribution is 4.94. The van der Waals surface area contributed by atoms with Crippen molar-refractivity contribution in [2.24, 2.45) is 5.92 Å². The Kier molecular flexibility index (Phi) is 4.63. The summed E-state index contributed by atoms with van der Waals surface area (Å²) in [7, 11) is 0. The minimum atomic E-state index is 0.568. The van der Waals surface area contributed by atoms with Crippen molar-refractivity contribution in [3.8, 4) is 0 Å². The third-order valence-corrected chi connectivity index (χ3v) is 4.81. The molecule has 0 spiro atoms. The van der Waals surface area contributed by atoms with E-state index in [9.17, 15) is 0 Å². The Bertz CT molecular complexity index is 402. The van der Waals surface area contributed by atoms with Crippen LogP contribution in [0, 0.1) is 5.92 Å². The van der Waals surface area contributed by atoms with Gasteiger partial charge in [0.25, 0.3) is 0 Å². The lowest BCUT2D eigenvalue weighted by Crippen LogP contribution is -2.57. The Hall–Kier alpha value is -1.00. The van der Waals surface area contributed by atoms with Crippen molar-refractivity contribution >= 4 is 0 Å². The van der Waals surface area contributed by atoms with Crippen molar-refractivity contribution in [1.82, 2.24) is 20.2 Å². The summed E-state index contributed by atoms with van der Waals surface area (Å²) < 4.78 is 0. The SMILES string of the molecule is CC1CN(Cc2ncccn2)C(C2CCCCC2)CN1. The molecule has 1 aliphatic carbocycles. The van der Waals surface area contributed by atoms with Crippen LogP contribution in [0.4, 0.5) is 0 Å². The zero-order valence-electron chi connectivity index (χ0n) is 12.5. The first-order chi connectivity index (χ1) is 9.83. The molecule has 2 atom stereocenters. The monoisotopic (exact) mass is 274 g/mol. The molecular weight excluding hydrogens is 248 g/mol. The number of aromatic nitrogens is 2. The molecule has 1 aromatic heterocycles. The molecule has 2 unspecified atom stereocenters. The van der Waals surface area contributed by atoms with Crippen LogP contribution < -0.4 is 5.32 Å². The normalized spacial score (nSPS) is 29.4. The summed E-state index contributed by atoms with van der Waals surface area (Å²) in [5.74, 6) is 1.81. The van der Waals surface area contributed by atoms with E-state index in [-0.39, 0.29) is 0 Å². The van der Waals surface area contributed by atoms with Crippen molar-refractivity contribution in [3.05, 3.63) is 24.3 Å². The summed E-state index contributed by atoms with van der Waals surface area (Å²) in [6, 6.07) is 3.12. The zero-order chi connectivity index (χ0) is 13.8. The molecule has 0 radical (unpaired) electrons. The summed E-state index contributed by atoms with van der Waals surface area (Å²) in [6.07, 6.45) is 10.7. The molecule has 0 aromatic carbocycles. The van der Waals surface area contributed by atoms with Gasteiger partial charge in [0.05, 0.1) is 6.54 Å². The topological polar surface area (TPSA) is 41.1 Å². The molecule has 110 valence electrons. The standard InChI is InChI=1S/C16H26N4/c1-13-11-20(12-16-17-8-5-9-18-16)15(10-19-13)14-6-3-2-4-7-14/h5,8-9,13-15,19H,2-4,6-7,10-12H2,1H3. The van der Waals surface area contributed by atoms with E-state index in [1.807, 2.05) is 18.5 Å². The minimum Gasteiger partial charge on any atom is -0.311 e. The summed E-state index contributed by atoms with van der Waals surface area (Å²) >= 11 is 0. The molecule has 1 saturated carbocycles. The Morgan fingerprint density at radius 3 is 2.70 bits per heavy atom. The Morgan fingerprint density at radius 1 is 1.20 bits per heavy atom. The van der Waals surface area contributed by atoms with Crippen LogP contribution in [0.25, 0.3) is 0 Å². The molecule has 1 N–H and O–H groups in total. The maximum absolute atomic E-state index is 4.40. The van der Waals surface area contributed by atoms with Crippen molar-refractivity contribution in [3.63, 3.8) is 0 Å². The van der Waals surface area contributed by atoms with Gasteiger partial charge in [0, 0.05) is 37.6 Å². The van der Waals surface area contributed by atoms with E-state index in [2.05, 4.69) is 27.1 Å². The number of nitrogens with one attached hydrogen (secondary N) is 1. The molecular formula is C16H26N4. The molecule has 20 heavy (non-hydrogen) atoms. The first-order valence-electron chi connectivity index (χ1n) is 8.06. The second-order valence-electron chi connectivity index (χ2n) is 6.37. The summed E-state index contributed by atoms with van der Waals surface area (Å²) in [4.78, 5) is 11.4. The average molecular weight is 274 g/mol. The van der Waals surface area contributed by atoms with Crippen LogP contribution in [-0.4, -0.2) is 40.0 Å². The summed E-state index contributed by atoms with van der Waals surface area (Å²) in [6.45, 7) is 5.40. The van der Waals surface area contributed by atoms with Crippen LogP contribution in [0.3, 0.4) is 0 Å². The van der Waals surface area contributed by atoms with E-state index in [1.54, 1.807) is 0 Å². The fourth-order valence-corrected chi connectivity index (χ4v) is 3.76. The van der Waals surface area contributed by atoms with Gasteiger partial charge in [0.2, 0.25) is 0 Å². The Labute approximate surface area is 122 Å². The van der Waals surface area contributed by atoms with Crippen LogP contribution in [0.15, 0.2) is 18.5 Å². The van der Waals surface area contributed by atoms with Gasteiger partial charge in [-0.15, -0.1) is 0 Å². The lowest BCUT2D eigenvalue weighted by Gasteiger charge is -2.44. The highest BCUT2D eigenvalue weighted by Crippen LogP contribution is 2.30. The van der Waals surface area contributed by atoms with Crippen LogP contribution >= 0.6 is 0 Å². The molecule has 3 rings (SSSR count). The highest BCUT2D eigenvalue weighted by Gasteiger charge is 2.33. The van der Waals surface area contributed by atoms with Crippen LogP contribution in [0.5, 0.6) is 0 Å². The van der Waals surface area contributed by atoms with E-state index in [1.165, 1.54) is 32.1 Å². The van der Waals surface area contributed by atoms with E-state index >= 15 is 0 Å². The molecule has 4 nitrogen and oxygen atoms in total. The van der Waals surface area contributed by atoms with Crippen LogP contribution in [0.1, 0.15) is 44.9 Å². The summed E-state index contributed by atoms with van der Waals surface area (Å²) in [5.41, 5.74) is 0. The van der Waals surface area contributed by atoms with Gasteiger partial charge in [-0.3, -0.25) is 4.90 Å². The van der Waals surface area contributed by atoms with Crippen molar-refractivity contribution in [2.75, 3.05) is 13.1 Å². The van der Waals surface area contributed by atoms with Gasteiger partial charge in [0.1, 0.15) is 5.82 Å². The molecule has 2 aliphatic rings. The van der Waals surface area contributed by atoms with E-state index in [0.29, 0.717) is 12.1 Å². The minimum absolute atomic E-state index is 0.568. The van der Waals surface area contributed by atoms with Gasteiger partial charge in [0.15, 0.2) is 0 Å². The first-order valence-corrected chi connectivity index (χ1v) is 8.06. The largest absolute Gasteiger partial charge is 0.311 e. The Balaban J connectivity index is 1.69. The van der Waals surface area contributed by atoms with E-state index in [0.717, 1.165) is 31.4 Å². The van der Waals surface area contributed by atoms with Crippen LogP contribution in [-0.2, 0) is 6.54 Å². The number of hydrogen-bond acceptors (Lipinski definition) is 4. The van der Waals surface area contributed by atoms with Crippen LogP contribution in [0.2, 0.25) is 0 Å². The second-order valence-corrected chi connectivity index (χ2v) is 6.37. The van der Waals surface area contributed by atoms with Gasteiger partial charge in [-0.05, 0) is 31.7 Å². The molecule has 1 saturated heterocycles. The van der Waals surface area contributed by atoms with E-state index in [4.69, 9.17) is 0 Å². The smallest absolute Gasteiger partial charge is 0.142 e. The first kappa shape index (κ1) is 14.0. The second kappa shape index (κ2) is 6.64. The van der Waals surface area contributed by atoms with Crippen molar-refractivity contribution in [1.29, 1.82) is 0 Å². The average Bonchev–Trinajstić information content (AvgIpc) is 2.49. The molecule has 0 bridgehead atoms. The quantitative estimate of drug-likeness (QED) is 0.917. The van der Waals surface area contributed by atoms with Gasteiger partial charge >= 0.3 is 0 Å². The molecule has 2 fully saturated rings. The number of nitrogens with zero attached hydrogens (tertiary/aromatic N) is 3. The van der Waals surface area contributed by atoms with Gasteiger partial charge < -0.3 is 5.32 Å². The molecule has 4 heteroatoms. The number of piperazine rings is 1. The van der Waals surface area contributed by atoms with Crippen molar-refractivity contribution < 1.29 is 0 Å². The number of rotatable bonds is 3. The predicted octanol–water partition coefficient (Wildman–Crippen LogP) is 2.22. The summed E-state index contributed by atoms with van der Waals surface area (Å²) in [5, 5.41) is 3.66. The van der Waals surface area contributed by atoms with E-state index < -0.39 is 0 Å². The fraction of sp³-hybridized carbons (Fsp3) is 0.750. The number of hydrogen-bond donors (Lipinski definition) is 1. The lowest BCUT2D eigenvalue weighted by molar-refractivity contribution is 0.0667. The molecule has 0 amide bonds. The molecule has 1 aromatic rings. The fourth-order valence-electron chi connectivity index (χ4n) is 3.76. The maximum Gasteiger partial charge on any atom is 0.142 e. The third kappa shape index (κ3) is 3.36. The third-order valence-electron chi connectivity index (χ3n) is 4.81. The predicted molar refractivity (Wildman–Crippen MR) is 80.3 cm³/mol. The maximum atomic E-state index is 4.40. The Morgan fingerprint density at radius 2 is 1.95 bits per heavy atom. The lowest BCUT2D eigenvalue weighted by atomic mass is 9.82. The zero-order valence-corrected chi connectivity index (χ0v) is 12.5. The van der Waals surface area contributed by atoms with Gasteiger partial charge in [-0.2, -0.15) is 0 Å².